The summed E-state index contributed by atoms with van der Waals surface area (Å²) in [5, 5.41) is 0. The second-order valence-corrected chi connectivity index (χ2v) is 4.76. The molecule has 0 aromatic heterocycles. The van der Waals surface area contributed by atoms with Gasteiger partial charge in [0.05, 0.1) is 5.56 Å². The Labute approximate surface area is 108 Å². The van der Waals surface area contributed by atoms with Crippen LogP contribution in [-0.2, 0) is 0 Å². The van der Waals surface area contributed by atoms with Crippen LogP contribution >= 0.6 is 0 Å². The van der Waals surface area contributed by atoms with E-state index >= 15 is 0 Å². The number of nitrogens with zero attached hydrogens (tertiary/aromatic N) is 2. The highest BCUT2D eigenvalue weighted by molar-refractivity contribution is 5.99. The number of carbonyl (C=O) groups excluding carboxylic acids is 1. The lowest BCUT2D eigenvalue weighted by molar-refractivity contribution is 0.0644. The summed E-state index contributed by atoms with van der Waals surface area (Å²) < 4.78 is 0. The van der Waals surface area contributed by atoms with E-state index in [-0.39, 0.29) is 5.91 Å². The fourth-order valence-corrected chi connectivity index (χ4v) is 2.30. The summed E-state index contributed by atoms with van der Waals surface area (Å²) in [4.78, 5) is 16.6. The molecule has 1 aromatic carbocycles. The maximum absolute atomic E-state index is 12.4. The van der Waals surface area contributed by atoms with Gasteiger partial charge in [-0.15, -0.1) is 0 Å². The zero-order chi connectivity index (χ0) is 13.1. The minimum Gasteiger partial charge on any atom is -0.398 e. The van der Waals surface area contributed by atoms with E-state index in [1.807, 2.05) is 30.0 Å². The first-order chi connectivity index (χ1) is 8.63. The quantitative estimate of drug-likeness (QED) is 0.803. The molecular formula is C14H21N3O. The Kier molecular flexibility index (Phi) is 3.87. The normalized spacial score (nSPS) is 16.9. The van der Waals surface area contributed by atoms with Crippen LogP contribution in [0, 0.1) is 6.92 Å². The molecule has 1 fully saturated rings. The van der Waals surface area contributed by atoms with Gasteiger partial charge in [-0.25, -0.2) is 0 Å². The molecule has 1 aliphatic heterocycles. The lowest BCUT2D eigenvalue weighted by Gasteiger charge is -2.34. The molecule has 2 N–H and O–H groups in total. The predicted molar refractivity (Wildman–Crippen MR) is 73.6 cm³/mol. The Morgan fingerprint density at radius 2 is 1.94 bits per heavy atom. The van der Waals surface area contributed by atoms with Crippen molar-refractivity contribution in [2.24, 2.45) is 0 Å². The summed E-state index contributed by atoms with van der Waals surface area (Å²) in [6.07, 6.45) is 0. The van der Waals surface area contributed by atoms with Crippen molar-refractivity contribution in [3.05, 3.63) is 29.3 Å². The van der Waals surface area contributed by atoms with Gasteiger partial charge in [0.1, 0.15) is 0 Å². The average Bonchev–Trinajstić information content (AvgIpc) is 2.41. The first-order valence-electron chi connectivity index (χ1n) is 6.50. The zero-order valence-electron chi connectivity index (χ0n) is 11.1. The third-order valence-corrected chi connectivity index (χ3v) is 3.66. The summed E-state index contributed by atoms with van der Waals surface area (Å²) in [5.41, 5.74) is 8.20. The number of nitrogens with two attached hydrogens (primary N) is 1. The molecule has 0 saturated carbocycles. The number of anilines is 1. The van der Waals surface area contributed by atoms with Gasteiger partial charge in [0.25, 0.3) is 5.91 Å². The number of benzene rings is 1. The molecule has 0 atom stereocenters. The Morgan fingerprint density at radius 1 is 1.28 bits per heavy atom. The van der Waals surface area contributed by atoms with E-state index in [0.717, 1.165) is 38.3 Å². The van der Waals surface area contributed by atoms with Gasteiger partial charge in [0.2, 0.25) is 0 Å². The third kappa shape index (κ3) is 2.48. The van der Waals surface area contributed by atoms with E-state index in [0.29, 0.717) is 11.3 Å². The van der Waals surface area contributed by atoms with Crippen molar-refractivity contribution in [2.45, 2.75) is 13.8 Å². The molecule has 18 heavy (non-hydrogen) atoms. The second kappa shape index (κ2) is 5.40. The lowest BCUT2D eigenvalue weighted by Crippen LogP contribution is -2.48. The number of aryl methyl sites for hydroxylation is 1. The Morgan fingerprint density at radius 3 is 2.56 bits per heavy atom. The van der Waals surface area contributed by atoms with E-state index in [9.17, 15) is 4.79 Å². The SMILES string of the molecule is CCN1CCN(C(=O)c2cccc(C)c2N)CC1. The smallest absolute Gasteiger partial charge is 0.256 e. The second-order valence-electron chi connectivity index (χ2n) is 4.76. The maximum atomic E-state index is 12.4. The number of carbonyl (C=O) groups is 1. The Hall–Kier alpha value is -1.55. The van der Waals surface area contributed by atoms with Crippen molar-refractivity contribution in [1.82, 2.24) is 9.80 Å². The number of hydrogen-bond donors (Lipinski definition) is 1. The molecular weight excluding hydrogens is 226 g/mol. The molecule has 0 bridgehead atoms. The van der Waals surface area contributed by atoms with E-state index in [1.165, 1.54) is 0 Å². The minimum absolute atomic E-state index is 0.0620. The van der Waals surface area contributed by atoms with E-state index in [2.05, 4.69) is 11.8 Å². The summed E-state index contributed by atoms with van der Waals surface area (Å²) in [5.74, 6) is 0.0620. The van der Waals surface area contributed by atoms with Crippen molar-refractivity contribution < 1.29 is 4.79 Å². The van der Waals surface area contributed by atoms with Crippen LogP contribution in [0.2, 0.25) is 0 Å². The van der Waals surface area contributed by atoms with Crippen LogP contribution in [0.5, 0.6) is 0 Å². The molecule has 0 aliphatic carbocycles. The van der Waals surface area contributed by atoms with Gasteiger partial charge in [0.15, 0.2) is 0 Å². The lowest BCUT2D eigenvalue weighted by atomic mass is 10.1. The van der Waals surface area contributed by atoms with Gasteiger partial charge in [0, 0.05) is 31.9 Å². The van der Waals surface area contributed by atoms with Crippen molar-refractivity contribution >= 4 is 11.6 Å². The molecule has 0 unspecified atom stereocenters. The molecule has 0 radical (unpaired) electrons. The fraction of sp³-hybridized carbons (Fsp3) is 0.500. The van der Waals surface area contributed by atoms with Gasteiger partial charge in [-0.1, -0.05) is 19.1 Å². The van der Waals surface area contributed by atoms with Gasteiger partial charge in [-0.3, -0.25) is 4.79 Å². The van der Waals surface area contributed by atoms with Gasteiger partial charge >= 0.3 is 0 Å². The van der Waals surface area contributed by atoms with Crippen molar-refractivity contribution in [2.75, 3.05) is 38.5 Å². The van der Waals surface area contributed by atoms with Crippen LogP contribution < -0.4 is 5.73 Å². The Balaban J connectivity index is 2.10. The average molecular weight is 247 g/mol. The Bertz CT molecular complexity index is 437. The molecule has 1 amide bonds. The largest absolute Gasteiger partial charge is 0.398 e. The highest BCUT2D eigenvalue weighted by atomic mass is 16.2. The molecule has 1 saturated heterocycles. The topological polar surface area (TPSA) is 49.6 Å². The van der Waals surface area contributed by atoms with Crippen molar-refractivity contribution in [1.29, 1.82) is 0 Å². The van der Waals surface area contributed by atoms with Crippen LogP contribution in [0.1, 0.15) is 22.8 Å². The minimum atomic E-state index is 0.0620. The standard InChI is InChI=1S/C14H21N3O/c1-3-16-7-9-17(10-8-16)14(18)12-6-4-5-11(2)13(12)15/h4-6H,3,7-10,15H2,1-2H3. The van der Waals surface area contributed by atoms with E-state index in [4.69, 9.17) is 5.73 Å². The molecule has 1 aliphatic rings. The number of rotatable bonds is 2. The monoisotopic (exact) mass is 247 g/mol. The number of likely N-dealkylation sites (N-methyl/N-ethyl adjacent to an activating group) is 1. The summed E-state index contributed by atoms with van der Waals surface area (Å²) in [6, 6.07) is 5.64. The summed E-state index contributed by atoms with van der Waals surface area (Å²) >= 11 is 0. The number of piperazine rings is 1. The van der Waals surface area contributed by atoms with Crippen LogP contribution in [0.15, 0.2) is 18.2 Å². The molecule has 2 rings (SSSR count). The first kappa shape index (κ1) is 12.9. The number of amides is 1. The highest BCUT2D eigenvalue weighted by Crippen LogP contribution is 2.19. The van der Waals surface area contributed by atoms with Crippen molar-refractivity contribution in [3.8, 4) is 0 Å². The fourth-order valence-electron chi connectivity index (χ4n) is 2.30. The number of hydrogen-bond acceptors (Lipinski definition) is 3. The van der Waals surface area contributed by atoms with Gasteiger partial charge in [-0.2, -0.15) is 0 Å². The molecule has 4 heteroatoms. The molecule has 98 valence electrons. The van der Waals surface area contributed by atoms with E-state index in [1.54, 1.807) is 0 Å². The van der Waals surface area contributed by atoms with Crippen LogP contribution in [-0.4, -0.2) is 48.4 Å². The molecule has 4 nitrogen and oxygen atoms in total. The number of para-hydroxylation sites is 1. The summed E-state index contributed by atoms with van der Waals surface area (Å²) in [6.45, 7) is 8.62. The van der Waals surface area contributed by atoms with Crippen molar-refractivity contribution in [3.63, 3.8) is 0 Å². The summed E-state index contributed by atoms with van der Waals surface area (Å²) in [7, 11) is 0. The first-order valence-corrected chi connectivity index (χ1v) is 6.50. The van der Waals surface area contributed by atoms with Gasteiger partial charge in [-0.05, 0) is 25.1 Å². The van der Waals surface area contributed by atoms with Crippen LogP contribution in [0.25, 0.3) is 0 Å². The van der Waals surface area contributed by atoms with Crippen LogP contribution in [0.3, 0.4) is 0 Å². The van der Waals surface area contributed by atoms with Crippen LogP contribution in [0.4, 0.5) is 5.69 Å². The zero-order valence-corrected chi connectivity index (χ0v) is 11.1. The van der Waals surface area contributed by atoms with E-state index < -0.39 is 0 Å². The number of nitrogen functional groups attached to an aromatic ring is 1. The molecule has 1 aromatic rings. The molecule has 1 heterocycles. The van der Waals surface area contributed by atoms with Gasteiger partial charge < -0.3 is 15.5 Å². The highest BCUT2D eigenvalue weighted by Gasteiger charge is 2.22. The third-order valence-electron chi connectivity index (χ3n) is 3.66. The molecule has 0 spiro atoms. The predicted octanol–water partition coefficient (Wildman–Crippen LogP) is 1.35. The maximum Gasteiger partial charge on any atom is 0.256 e.